The molecule has 41 heavy (non-hydrogen) atoms. The van der Waals surface area contributed by atoms with Crippen LogP contribution in [0.4, 0.5) is 0 Å². The summed E-state index contributed by atoms with van der Waals surface area (Å²) in [7, 11) is 0. The van der Waals surface area contributed by atoms with Crippen molar-refractivity contribution in [3.8, 4) is 0 Å². The van der Waals surface area contributed by atoms with Crippen LogP contribution in [0.3, 0.4) is 0 Å². The van der Waals surface area contributed by atoms with Crippen LogP contribution in [-0.2, 0) is 38.4 Å². The van der Waals surface area contributed by atoms with E-state index in [1.54, 1.807) is 37.3 Å². The summed E-state index contributed by atoms with van der Waals surface area (Å²) in [4.78, 5) is 51.6. The molecule has 1 heterocycles. The van der Waals surface area contributed by atoms with Gasteiger partial charge in [0, 0.05) is 12.5 Å². The van der Waals surface area contributed by atoms with E-state index in [1.165, 1.54) is 0 Å². The molecular weight excluding hydrogens is 524 g/mol. The van der Waals surface area contributed by atoms with E-state index in [-0.39, 0.29) is 25.2 Å². The molecule has 0 bridgehead atoms. The van der Waals surface area contributed by atoms with Crippen molar-refractivity contribution in [3.05, 3.63) is 89.3 Å². The monoisotopic (exact) mass is 562 g/mol. The number of aromatic nitrogens is 1. The van der Waals surface area contributed by atoms with Crippen molar-refractivity contribution in [1.29, 1.82) is 0 Å². The first-order chi connectivity index (χ1) is 19.6. The topological polar surface area (TPSA) is 151 Å². The molecule has 2 aromatic carbocycles. The largest absolute Gasteiger partial charge is 0.480 e. The lowest BCUT2D eigenvalue weighted by Crippen LogP contribution is -2.56. The lowest BCUT2D eigenvalue weighted by atomic mass is 10.00. The Labute approximate surface area is 239 Å². The van der Waals surface area contributed by atoms with Crippen LogP contribution in [0.1, 0.15) is 49.3 Å². The van der Waals surface area contributed by atoms with Gasteiger partial charge >= 0.3 is 5.97 Å². The molecule has 3 aromatic rings. The molecule has 0 saturated carbocycles. The summed E-state index contributed by atoms with van der Waals surface area (Å²) in [5, 5.41) is 21.7. The Hall–Kier alpha value is -4.47. The Balaban J connectivity index is 1.73. The first-order valence-corrected chi connectivity index (χ1v) is 13.7. The fraction of sp³-hybridized carbons (Fsp3) is 0.387. The summed E-state index contributed by atoms with van der Waals surface area (Å²) in [6.07, 6.45) is 1.12. The number of nitrogens with zero attached hydrogens (tertiary/aromatic N) is 1. The van der Waals surface area contributed by atoms with Crippen molar-refractivity contribution >= 4 is 23.7 Å². The number of aliphatic carboxylic acids is 1. The Morgan fingerprint density at radius 2 is 1.41 bits per heavy atom. The quantitative estimate of drug-likeness (QED) is 0.222. The smallest absolute Gasteiger partial charge is 0.326 e. The molecule has 3 rings (SSSR count). The number of hydrogen-bond acceptors (Lipinski definition) is 6. The lowest BCUT2D eigenvalue weighted by Gasteiger charge is -2.25. The maximum Gasteiger partial charge on any atom is 0.326 e. The number of aryl methyl sites for hydroxylation is 2. The van der Waals surface area contributed by atoms with Gasteiger partial charge in [-0.25, -0.2) is 4.79 Å². The SMILES string of the molecule is Cc1cc(CC(=O)NC(CCc2ccccc2)C(=O)NC(CC(C)C)C(=O)NC(Cc2ccccc2)C(=O)O)no1. The van der Waals surface area contributed by atoms with Crippen molar-refractivity contribution < 1.29 is 28.8 Å². The van der Waals surface area contributed by atoms with Gasteiger partial charge < -0.3 is 25.6 Å². The van der Waals surface area contributed by atoms with Crippen LogP contribution in [0.2, 0.25) is 0 Å². The van der Waals surface area contributed by atoms with Crippen LogP contribution in [0.5, 0.6) is 0 Å². The molecule has 0 spiro atoms. The van der Waals surface area contributed by atoms with Crippen LogP contribution in [0.15, 0.2) is 71.3 Å². The summed E-state index contributed by atoms with van der Waals surface area (Å²) in [6.45, 7) is 5.53. The number of hydrogen-bond donors (Lipinski definition) is 4. The summed E-state index contributed by atoms with van der Waals surface area (Å²) in [6, 6.07) is 17.1. The van der Waals surface area contributed by atoms with Gasteiger partial charge in [0.05, 0.1) is 12.1 Å². The number of amides is 3. The Bertz CT molecular complexity index is 1290. The van der Waals surface area contributed by atoms with Gasteiger partial charge in [-0.3, -0.25) is 14.4 Å². The number of benzene rings is 2. The number of nitrogens with one attached hydrogen (secondary N) is 3. The van der Waals surface area contributed by atoms with Gasteiger partial charge in [0.2, 0.25) is 17.7 Å². The molecule has 0 fully saturated rings. The Morgan fingerprint density at radius 1 is 0.829 bits per heavy atom. The van der Waals surface area contributed by atoms with Gasteiger partial charge in [-0.1, -0.05) is 79.7 Å². The Morgan fingerprint density at radius 3 is 1.98 bits per heavy atom. The first-order valence-electron chi connectivity index (χ1n) is 13.7. The average molecular weight is 563 g/mol. The minimum Gasteiger partial charge on any atom is -0.480 e. The van der Waals surface area contributed by atoms with Gasteiger partial charge in [0.15, 0.2) is 0 Å². The van der Waals surface area contributed by atoms with Crippen LogP contribution < -0.4 is 16.0 Å². The molecule has 10 heteroatoms. The molecule has 3 unspecified atom stereocenters. The second-order valence-corrected chi connectivity index (χ2v) is 10.5. The number of carboxylic acids is 1. The van der Waals surface area contributed by atoms with E-state index in [4.69, 9.17) is 4.52 Å². The predicted octanol–water partition coefficient (Wildman–Crippen LogP) is 2.99. The first kappa shape index (κ1) is 31.1. The second kappa shape index (κ2) is 15.4. The zero-order chi connectivity index (χ0) is 29.8. The van der Waals surface area contributed by atoms with E-state index < -0.39 is 41.8 Å². The normalized spacial score (nSPS) is 13.2. The second-order valence-electron chi connectivity index (χ2n) is 10.5. The molecule has 0 saturated heterocycles. The van der Waals surface area contributed by atoms with E-state index in [2.05, 4.69) is 21.1 Å². The standard InChI is InChI=1S/C31H38N4O6/c1-20(2)16-26(30(38)34-27(31(39)40)18-23-12-8-5-9-13-23)33-29(37)25(15-14-22-10-6-4-7-11-22)32-28(36)19-24-17-21(3)41-35-24/h4-13,17,20,25-27H,14-16,18-19H2,1-3H3,(H,32,36)(H,33,37)(H,34,38)(H,39,40). The van der Waals surface area contributed by atoms with Gasteiger partial charge in [-0.2, -0.15) is 0 Å². The summed E-state index contributed by atoms with van der Waals surface area (Å²) < 4.78 is 5.03. The van der Waals surface area contributed by atoms with Crippen LogP contribution in [0.25, 0.3) is 0 Å². The molecule has 1 aromatic heterocycles. The fourth-order valence-corrected chi connectivity index (χ4v) is 4.43. The minimum atomic E-state index is -1.17. The van der Waals surface area contributed by atoms with E-state index in [1.807, 2.05) is 50.2 Å². The molecule has 0 aliphatic heterocycles. The van der Waals surface area contributed by atoms with E-state index in [0.29, 0.717) is 24.3 Å². The third-order valence-corrected chi connectivity index (χ3v) is 6.47. The average Bonchev–Trinajstić information content (AvgIpc) is 3.34. The van der Waals surface area contributed by atoms with Crippen LogP contribution >= 0.6 is 0 Å². The van der Waals surface area contributed by atoms with Crippen molar-refractivity contribution in [2.24, 2.45) is 5.92 Å². The molecule has 0 aliphatic carbocycles. The van der Waals surface area contributed by atoms with Gasteiger partial charge in [0.25, 0.3) is 0 Å². The third kappa shape index (κ3) is 10.6. The summed E-state index contributed by atoms with van der Waals surface area (Å²) in [5.74, 6) is -2.11. The molecule has 0 aliphatic rings. The number of carboxylic acid groups (broad SMARTS) is 1. The van der Waals surface area contributed by atoms with Crippen molar-refractivity contribution in [3.63, 3.8) is 0 Å². The van der Waals surface area contributed by atoms with E-state index >= 15 is 0 Å². The maximum absolute atomic E-state index is 13.5. The molecule has 0 radical (unpaired) electrons. The molecular formula is C31H38N4O6. The van der Waals surface area contributed by atoms with Crippen molar-refractivity contribution in [1.82, 2.24) is 21.1 Å². The Kier molecular flexibility index (Phi) is 11.6. The zero-order valence-electron chi connectivity index (χ0n) is 23.6. The van der Waals surface area contributed by atoms with Crippen molar-refractivity contribution in [2.75, 3.05) is 0 Å². The van der Waals surface area contributed by atoms with Gasteiger partial charge in [-0.15, -0.1) is 0 Å². The highest BCUT2D eigenvalue weighted by Crippen LogP contribution is 2.11. The maximum atomic E-state index is 13.5. The summed E-state index contributed by atoms with van der Waals surface area (Å²) in [5.41, 5.74) is 2.20. The third-order valence-electron chi connectivity index (χ3n) is 6.47. The highest BCUT2D eigenvalue weighted by atomic mass is 16.5. The molecule has 3 atom stereocenters. The van der Waals surface area contributed by atoms with E-state index in [9.17, 15) is 24.3 Å². The van der Waals surface area contributed by atoms with E-state index in [0.717, 1.165) is 11.1 Å². The minimum absolute atomic E-state index is 0.0243. The molecule has 3 amide bonds. The van der Waals surface area contributed by atoms with Crippen molar-refractivity contribution in [2.45, 2.75) is 71.0 Å². The van der Waals surface area contributed by atoms with Gasteiger partial charge in [0.1, 0.15) is 23.9 Å². The fourth-order valence-electron chi connectivity index (χ4n) is 4.43. The lowest BCUT2D eigenvalue weighted by molar-refractivity contribution is -0.142. The van der Waals surface area contributed by atoms with Gasteiger partial charge in [-0.05, 0) is 43.2 Å². The number of rotatable bonds is 15. The van der Waals surface area contributed by atoms with Crippen LogP contribution in [-0.4, -0.2) is 52.1 Å². The number of carbonyl (C=O) groups is 4. The highest BCUT2D eigenvalue weighted by Gasteiger charge is 2.30. The number of carbonyl (C=O) groups excluding carboxylic acids is 3. The summed E-state index contributed by atoms with van der Waals surface area (Å²) >= 11 is 0. The molecule has 4 N–H and O–H groups in total. The molecule has 10 nitrogen and oxygen atoms in total. The predicted molar refractivity (Wildman–Crippen MR) is 153 cm³/mol. The zero-order valence-corrected chi connectivity index (χ0v) is 23.6. The van der Waals surface area contributed by atoms with Crippen LogP contribution in [0, 0.1) is 12.8 Å². The molecule has 218 valence electrons. The highest BCUT2D eigenvalue weighted by molar-refractivity contribution is 5.93.